The molecule has 27 heavy (non-hydrogen) atoms. The van der Waals surface area contributed by atoms with Gasteiger partial charge in [-0.15, -0.1) is 12.4 Å². The average molecular weight is 390 g/mol. The molecular formula is C20H24ClN3O3. The summed E-state index contributed by atoms with van der Waals surface area (Å²) in [4.78, 5) is 28.8. The van der Waals surface area contributed by atoms with E-state index in [1.165, 1.54) is 0 Å². The largest absolute Gasteiger partial charge is 0.496 e. The number of benzene rings is 2. The first kappa shape index (κ1) is 20.6. The quantitative estimate of drug-likeness (QED) is 0.819. The van der Waals surface area contributed by atoms with E-state index in [0.717, 1.165) is 5.56 Å². The third-order valence-corrected chi connectivity index (χ3v) is 4.64. The highest BCUT2D eigenvalue weighted by Gasteiger charge is 2.25. The van der Waals surface area contributed by atoms with Crippen LogP contribution in [0.1, 0.15) is 26.3 Å². The predicted molar refractivity (Wildman–Crippen MR) is 108 cm³/mol. The molecule has 1 aliphatic heterocycles. The zero-order valence-corrected chi connectivity index (χ0v) is 16.3. The summed E-state index contributed by atoms with van der Waals surface area (Å²) in [7, 11) is 1.59. The zero-order valence-electron chi connectivity index (χ0n) is 15.5. The third-order valence-electron chi connectivity index (χ3n) is 4.64. The maximum Gasteiger partial charge on any atom is 0.254 e. The number of nitrogens with two attached hydrogens (primary N) is 1. The molecule has 2 aromatic rings. The normalized spacial score (nSPS) is 13.7. The predicted octanol–water partition coefficient (Wildman–Crippen LogP) is 2.61. The summed E-state index contributed by atoms with van der Waals surface area (Å²) in [5.74, 6) is 0.604. The molecule has 1 heterocycles. The Morgan fingerprint density at radius 1 is 0.926 bits per heavy atom. The van der Waals surface area contributed by atoms with Gasteiger partial charge in [-0.05, 0) is 42.8 Å². The summed E-state index contributed by atoms with van der Waals surface area (Å²) in [5, 5.41) is 0. The molecular weight excluding hydrogens is 366 g/mol. The number of carbonyl (C=O) groups excluding carboxylic acids is 2. The number of halogens is 1. The van der Waals surface area contributed by atoms with E-state index in [1.807, 2.05) is 19.1 Å². The summed E-state index contributed by atoms with van der Waals surface area (Å²) in [6, 6.07) is 12.4. The molecule has 0 radical (unpaired) electrons. The van der Waals surface area contributed by atoms with Crippen molar-refractivity contribution in [3.05, 3.63) is 59.2 Å². The fraction of sp³-hybridized carbons (Fsp3) is 0.300. The number of anilines is 1. The van der Waals surface area contributed by atoms with Gasteiger partial charge in [0.15, 0.2) is 0 Å². The molecule has 144 valence electrons. The Morgan fingerprint density at radius 2 is 1.48 bits per heavy atom. The van der Waals surface area contributed by atoms with Crippen LogP contribution in [0.3, 0.4) is 0 Å². The zero-order chi connectivity index (χ0) is 18.7. The van der Waals surface area contributed by atoms with Crippen LogP contribution in [0.15, 0.2) is 42.5 Å². The molecule has 7 heteroatoms. The van der Waals surface area contributed by atoms with E-state index in [0.29, 0.717) is 48.7 Å². The number of ether oxygens (including phenoxy) is 1. The van der Waals surface area contributed by atoms with E-state index in [9.17, 15) is 9.59 Å². The molecule has 0 saturated carbocycles. The minimum atomic E-state index is -0.0543. The van der Waals surface area contributed by atoms with Crippen molar-refractivity contribution in [1.82, 2.24) is 9.80 Å². The molecule has 0 bridgehead atoms. The topological polar surface area (TPSA) is 75.9 Å². The molecule has 0 atom stereocenters. The first-order valence-corrected chi connectivity index (χ1v) is 8.58. The van der Waals surface area contributed by atoms with Gasteiger partial charge in [-0.2, -0.15) is 0 Å². The lowest BCUT2D eigenvalue weighted by atomic mass is 10.1. The maximum atomic E-state index is 12.7. The van der Waals surface area contributed by atoms with Crippen LogP contribution >= 0.6 is 12.4 Å². The molecule has 0 unspecified atom stereocenters. The summed E-state index contributed by atoms with van der Waals surface area (Å²) in [6.07, 6.45) is 0. The SMILES string of the molecule is COc1cc(C(=O)N2CCN(C(=O)c3cccc(N)c3)CC2)ccc1C.Cl. The maximum absolute atomic E-state index is 12.7. The summed E-state index contributed by atoms with van der Waals surface area (Å²) < 4.78 is 5.30. The molecule has 1 saturated heterocycles. The van der Waals surface area contributed by atoms with E-state index in [4.69, 9.17) is 10.5 Å². The molecule has 2 amide bonds. The van der Waals surface area contributed by atoms with Crippen LogP contribution in [0.4, 0.5) is 5.69 Å². The van der Waals surface area contributed by atoms with Crippen molar-refractivity contribution in [1.29, 1.82) is 0 Å². The Labute approximate surface area is 165 Å². The second-order valence-electron chi connectivity index (χ2n) is 6.39. The highest BCUT2D eigenvalue weighted by molar-refractivity contribution is 5.96. The Kier molecular flexibility index (Phi) is 6.69. The number of hydrogen-bond donors (Lipinski definition) is 1. The number of aryl methyl sites for hydroxylation is 1. The molecule has 0 spiro atoms. The Morgan fingerprint density at radius 3 is 2.00 bits per heavy atom. The van der Waals surface area contributed by atoms with E-state index in [2.05, 4.69) is 0 Å². The fourth-order valence-electron chi connectivity index (χ4n) is 3.10. The minimum absolute atomic E-state index is 0. The molecule has 3 rings (SSSR count). The summed E-state index contributed by atoms with van der Waals surface area (Å²) >= 11 is 0. The summed E-state index contributed by atoms with van der Waals surface area (Å²) in [5.41, 5.74) is 8.48. The Hall–Kier alpha value is -2.73. The van der Waals surface area contributed by atoms with Gasteiger partial charge in [-0.3, -0.25) is 9.59 Å². The number of methoxy groups -OCH3 is 1. The number of rotatable bonds is 3. The summed E-state index contributed by atoms with van der Waals surface area (Å²) in [6.45, 7) is 3.95. The smallest absolute Gasteiger partial charge is 0.254 e. The first-order valence-electron chi connectivity index (χ1n) is 8.58. The fourth-order valence-corrected chi connectivity index (χ4v) is 3.10. The van der Waals surface area contributed by atoms with Crippen molar-refractivity contribution >= 4 is 29.9 Å². The molecule has 2 aromatic carbocycles. The molecule has 1 aliphatic rings. The van der Waals surface area contributed by atoms with Crippen molar-refractivity contribution in [2.45, 2.75) is 6.92 Å². The van der Waals surface area contributed by atoms with Crippen molar-refractivity contribution in [3.8, 4) is 5.75 Å². The van der Waals surface area contributed by atoms with Gasteiger partial charge in [0.25, 0.3) is 11.8 Å². The number of piperazine rings is 1. The van der Waals surface area contributed by atoms with Crippen LogP contribution in [-0.4, -0.2) is 54.9 Å². The number of nitrogens with zero attached hydrogens (tertiary/aromatic N) is 2. The van der Waals surface area contributed by atoms with Gasteiger partial charge in [0.1, 0.15) is 5.75 Å². The second-order valence-corrected chi connectivity index (χ2v) is 6.39. The highest BCUT2D eigenvalue weighted by atomic mass is 35.5. The monoisotopic (exact) mass is 389 g/mol. The number of nitrogen functional groups attached to an aromatic ring is 1. The molecule has 2 N–H and O–H groups in total. The molecule has 0 aromatic heterocycles. The van der Waals surface area contributed by atoms with E-state index in [1.54, 1.807) is 47.2 Å². The van der Waals surface area contributed by atoms with Gasteiger partial charge in [-0.25, -0.2) is 0 Å². The lowest BCUT2D eigenvalue weighted by Crippen LogP contribution is -2.50. The van der Waals surface area contributed by atoms with Crippen molar-refractivity contribution < 1.29 is 14.3 Å². The Balaban J connectivity index is 0.00000261. The van der Waals surface area contributed by atoms with Gasteiger partial charge in [0.2, 0.25) is 0 Å². The Bertz CT molecular complexity index is 833. The van der Waals surface area contributed by atoms with Crippen LogP contribution in [0.5, 0.6) is 5.75 Å². The van der Waals surface area contributed by atoms with Crippen LogP contribution in [0.2, 0.25) is 0 Å². The van der Waals surface area contributed by atoms with Crippen molar-refractivity contribution in [2.24, 2.45) is 0 Å². The van der Waals surface area contributed by atoms with Gasteiger partial charge < -0.3 is 20.3 Å². The second kappa shape index (κ2) is 8.77. The number of amides is 2. The van der Waals surface area contributed by atoms with Gasteiger partial charge in [0, 0.05) is 43.0 Å². The first-order chi connectivity index (χ1) is 12.5. The average Bonchev–Trinajstić information content (AvgIpc) is 2.67. The standard InChI is InChI=1S/C20H23N3O3.ClH/c1-14-6-7-16(13-18(14)26-2)20(25)23-10-8-22(9-11-23)19(24)15-4-3-5-17(21)12-15;/h3-7,12-13H,8-11,21H2,1-2H3;1H. The van der Waals surface area contributed by atoms with E-state index in [-0.39, 0.29) is 24.2 Å². The van der Waals surface area contributed by atoms with E-state index >= 15 is 0 Å². The lowest BCUT2D eigenvalue weighted by Gasteiger charge is -2.35. The van der Waals surface area contributed by atoms with Gasteiger partial charge in [0.05, 0.1) is 7.11 Å². The number of hydrogen-bond acceptors (Lipinski definition) is 4. The van der Waals surface area contributed by atoms with Crippen LogP contribution in [-0.2, 0) is 0 Å². The highest BCUT2D eigenvalue weighted by Crippen LogP contribution is 2.21. The lowest BCUT2D eigenvalue weighted by molar-refractivity contribution is 0.0535. The van der Waals surface area contributed by atoms with Crippen LogP contribution in [0, 0.1) is 6.92 Å². The van der Waals surface area contributed by atoms with Gasteiger partial charge >= 0.3 is 0 Å². The van der Waals surface area contributed by atoms with Crippen LogP contribution in [0.25, 0.3) is 0 Å². The molecule has 0 aliphatic carbocycles. The molecule has 1 fully saturated rings. The molecule has 6 nitrogen and oxygen atoms in total. The van der Waals surface area contributed by atoms with Crippen LogP contribution < -0.4 is 10.5 Å². The van der Waals surface area contributed by atoms with E-state index < -0.39 is 0 Å². The van der Waals surface area contributed by atoms with Gasteiger partial charge in [-0.1, -0.05) is 12.1 Å². The van der Waals surface area contributed by atoms with Crippen molar-refractivity contribution in [2.75, 3.05) is 39.0 Å². The minimum Gasteiger partial charge on any atom is -0.496 e. The van der Waals surface area contributed by atoms with Crippen molar-refractivity contribution in [3.63, 3.8) is 0 Å². The third kappa shape index (κ3) is 4.52. The number of carbonyl (C=O) groups is 2.